The van der Waals surface area contributed by atoms with Gasteiger partial charge in [-0.15, -0.1) is 0 Å². The summed E-state index contributed by atoms with van der Waals surface area (Å²) in [4.78, 5) is 63.1. The first-order chi connectivity index (χ1) is 39.0. The number of aliphatic hydroxyl groups excluding tert-OH is 1. The Labute approximate surface area is 471 Å². The first-order valence-corrected chi connectivity index (χ1v) is 26.5. The normalized spacial score (nSPS) is 18.3. The Kier molecular flexibility index (Phi) is 20.0. The number of alkyl carbamates (subject to hydrolysis) is 2. The molecule has 452 valence electrons. The van der Waals surface area contributed by atoms with Crippen LogP contribution in [-0.4, -0.2) is 155 Å². The van der Waals surface area contributed by atoms with Crippen LogP contribution >= 0.6 is 0 Å². The predicted molar refractivity (Wildman–Crippen MR) is 279 cm³/mol. The van der Waals surface area contributed by atoms with Crippen LogP contribution in [0.3, 0.4) is 0 Å². The van der Waals surface area contributed by atoms with Crippen LogP contribution in [0.15, 0.2) is 67.0 Å². The van der Waals surface area contributed by atoms with Gasteiger partial charge in [0.25, 0.3) is 5.91 Å². The van der Waals surface area contributed by atoms with Gasteiger partial charge in [0.15, 0.2) is 0 Å². The molecule has 4 aromatic rings. The Morgan fingerprint density at radius 1 is 0.771 bits per heavy atom. The van der Waals surface area contributed by atoms with E-state index in [1.54, 1.807) is 18.3 Å². The predicted octanol–water partition coefficient (Wildman–Crippen LogP) is 7.40. The van der Waals surface area contributed by atoms with Gasteiger partial charge < -0.3 is 40.2 Å². The Morgan fingerprint density at radius 3 is 1.80 bits per heavy atom. The zero-order valence-electron chi connectivity index (χ0n) is 46.0. The molecule has 3 saturated heterocycles. The van der Waals surface area contributed by atoms with E-state index in [9.17, 15) is 59.4 Å². The Hall–Kier alpha value is -7.22. The number of alkyl halides is 8. The first-order valence-electron chi connectivity index (χ1n) is 26.5. The van der Waals surface area contributed by atoms with E-state index < -0.39 is 115 Å². The summed E-state index contributed by atoms with van der Waals surface area (Å²) in [6, 6.07) is 6.67. The zero-order chi connectivity index (χ0) is 60.8. The van der Waals surface area contributed by atoms with Crippen molar-refractivity contribution in [3.05, 3.63) is 101 Å². The number of ether oxygens (including phenoxy) is 3. The third-order valence-corrected chi connectivity index (χ3v) is 15.0. The quantitative estimate of drug-likeness (QED) is 0.0314. The lowest BCUT2D eigenvalue weighted by Crippen LogP contribution is -2.63. The van der Waals surface area contributed by atoms with Crippen LogP contribution in [0.5, 0.6) is 0 Å². The molecule has 28 heteroatoms. The number of nitrogens with zero attached hydrogens (tertiary/aromatic N) is 6. The third-order valence-electron chi connectivity index (χ3n) is 15.0. The molecule has 0 aliphatic carbocycles. The van der Waals surface area contributed by atoms with Crippen molar-refractivity contribution in [3.63, 3.8) is 0 Å². The van der Waals surface area contributed by atoms with Gasteiger partial charge in [0.1, 0.15) is 29.5 Å². The van der Waals surface area contributed by atoms with Crippen molar-refractivity contribution in [1.29, 1.82) is 0 Å². The summed E-state index contributed by atoms with van der Waals surface area (Å²) in [5.41, 5.74) is -4.38. The number of amides is 4. The van der Waals surface area contributed by atoms with E-state index >= 15 is 8.78 Å². The highest BCUT2D eigenvalue weighted by molar-refractivity contribution is 5.87. The third kappa shape index (κ3) is 15.1. The summed E-state index contributed by atoms with van der Waals surface area (Å²) < 4.78 is 162. The number of piperazine rings is 1. The number of anilines is 1. The number of hydrazine groups is 1. The topological polar surface area (TPSA) is 205 Å². The van der Waals surface area contributed by atoms with Crippen LogP contribution < -0.4 is 26.3 Å². The smallest absolute Gasteiger partial charge is 0.407 e. The number of carbonyl (C=O) groups excluding carboxylic acids is 4. The highest BCUT2D eigenvalue weighted by Crippen LogP contribution is 2.42. The fourth-order valence-electron chi connectivity index (χ4n) is 9.91. The summed E-state index contributed by atoms with van der Waals surface area (Å²) in [5.74, 6) is 0.824. The molecule has 6 atom stereocenters. The van der Waals surface area contributed by atoms with Crippen molar-refractivity contribution >= 4 is 29.8 Å². The molecule has 0 saturated carbocycles. The van der Waals surface area contributed by atoms with Crippen molar-refractivity contribution in [2.45, 2.75) is 129 Å². The standard InChI is InChI=1S/C55H64F10N10O8/c1-7-82-50(79)68-45(52(3,4)54(60,61)62)47(77)67-42(21-32-12-9-31(10-13-32)11-14-33-15-18-44(66-24-33)72-25-35-16-17-36(26-72)75(35)37-29-81-30-37)43(76)28-73(71-48(78)46(69-51(80)83-8-2)53(5,6)55(63,64)65)27-38-39(56)22-34(23-40(38)57)41-19-20-74(70-41)49(58)59/h9-10,12-13,15,18-20,22-24,35-37,42-43,45-46,49,76H,7-8,16-17,21,25-30H2,1-6H3,(H,67,77)(H,68,79)(H,69,80)(H,71,78)/t35?,36?,42-,43-,45+,46+/m0/s1. The van der Waals surface area contributed by atoms with E-state index in [4.69, 9.17) is 14.2 Å². The maximum atomic E-state index is 16.1. The monoisotopic (exact) mass is 1180 g/mol. The van der Waals surface area contributed by atoms with Crippen molar-refractivity contribution in [2.75, 3.05) is 51.0 Å². The van der Waals surface area contributed by atoms with Gasteiger partial charge in [0.05, 0.1) is 61.1 Å². The molecule has 5 N–H and O–H groups in total. The lowest BCUT2D eigenvalue weighted by atomic mass is 9.82. The van der Waals surface area contributed by atoms with Gasteiger partial charge in [-0.05, 0) is 109 Å². The molecule has 83 heavy (non-hydrogen) atoms. The number of aromatic nitrogens is 3. The van der Waals surface area contributed by atoms with Gasteiger partial charge in [0.2, 0.25) is 5.91 Å². The molecule has 3 aliphatic heterocycles. The minimum Gasteiger partial charge on any atom is -0.450 e. The van der Waals surface area contributed by atoms with Gasteiger partial charge in [-0.2, -0.15) is 40.2 Å². The number of hydrogen-bond donors (Lipinski definition) is 5. The van der Waals surface area contributed by atoms with Gasteiger partial charge in [0, 0.05) is 72.9 Å². The lowest BCUT2D eigenvalue weighted by molar-refractivity contribution is -0.221. The van der Waals surface area contributed by atoms with Gasteiger partial charge in [-0.3, -0.25) is 19.9 Å². The average Bonchev–Trinajstić information content (AvgIpc) is 3.95. The molecule has 4 amide bonds. The number of hydrogen-bond acceptors (Lipinski definition) is 13. The fourth-order valence-corrected chi connectivity index (χ4v) is 9.91. The molecule has 3 aliphatic rings. The molecule has 5 heterocycles. The minimum atomic E-state index is -5.23. The van der Waals surface area contributed by atoms with Crippen LogP contribution in [0, 0.1) is 34.3 Å². The number of nitrogens with one attached hydrogen (secondary N) is 4. The Bertz CT molecular complexity index is 2950. The number of pyridine rings is 1. The van der Waals surface area contributed by atoms with Gasteiger partial charge >= 0.3 is 31.1 Å². The van der Waals surface area contributed by atoms with Crippen LogP contribution in [0.25, 0.3) is 11.3 Å². The second kappa shape index (κ2) is 26.1. The molecule has 2 unspecified atom stereocenters. The first kappa shape index (κ1) is 63.4. The molecule has 2 aromatic heterocycles. The molecule has 0 spiro atoms. The minimum absolute atomic E-state index is 0.202. The zero-order valence-corrected chi connectivity index (χ0v) is 46.0. The van der Waals surface area contributed by atoms with Crippen LogP contribution in [-0.2, 0) is 36.8 Å². The van der Waals surface area contributed by atoms with E-state index in [-0.39, 0.29) is 34.7 Å². The van der Waals surface area contributed by atoms with Crippen LogP contribution in [0.2, 0.25) is 0 Å². The van der Waals surface area contributed by atoms with Gasteiger partial charge in [-0.1, -0.05) is 24.0 Å². The number of halogens is 10. The van der Waals surface area contributed by atoms with E-state index in [1.165, 1.54) is 26.0 Å². The lowest BCUT2D eigenvalue weighted by Gasteiger charge is -2.47. The number of aliphatic hydroxyl groups is 1. The second-order valence-corrected chi connectivity index (χ2v) is 21.4. The molecular formula is C55H64F10N10O8. The SMILES string of the molecule is CCOC(=O)N[C@H](C(=O)N[C@@H](Cc1ccc(C#Cc2ccc(N3CC4CCC(C3)N4C3COC3)nc2)cc1)[C@@H](O)CN(Cc1c(F)cc(-c2ccn(C(F)F)n2)cc1F)NC(=O)[C@@H](NC(=O)OCC)C(C)(C)C(F)(F)F)C(C)(C)C(F)(F)F. The summed E-state index contributed by atoms with van der Waals surface area (Å²) in [5, 5.41) is 22.3. The summed E-state index contributed by atoms with van der Waals surface area (Å²) in [6.07, 6.45) is -11.3. The van der Waals surface area contributed by atoms with Crippen molar-refractivity contribution < 1.29 is 82.4 Å². The molecular weight excluding hydrogens is 1120 g/mol. The maximum absolute atomic E-state index is 16.1. The average molecular weight is 1180 g/mol. The summed E-state index contributed by atoms with van der Waals surface area (Å²) in [7, 11) is 0. The summed E-state index contributed by atoms with van der Waals surface area (Å²) in [6.45, 7) is 2.08. The van der Waals surface area contributed by atoms with Crippen LogP contribution in [0.4, 0.5) is 59.3 Å². The number of fused-ring (bicyclic) bond motifs is 2. The Morgan fingerprint density at radius 2 is 1.31 bits per heavy atom. The van der Waals surface area contributed by atoms with E-state index in [1.807, 2.05) is 22.8 Å². The molecule has 3 fully saturated rings. The van der Waals surface area contributed by atoms with Crippen molar-refractivity contribution in [1.82, 2.24) is 46.0 Å². The number of benzene rings is 2. The summed E-state index contributed by atoms with van der Waals surface area (Å²) >= 11 is 0. The molecule has 18 nitrogen and oxygen atoms in total. The molecule has 2 bridgehead atoms. The number of carbonyl (C=O) groups is 4. The molecule has 2 aromatic carbocycles. The highest BCUT2D eigenvalue weighted by Gasteiger charge is 2.57. The number of rotatable bonds is 21. The van der Waals surface area contributed by atoms with Crippen molar-refractivity contribution in [3.8, 4) is 23.1 Å². The largest absolute Gasteiger partial charge is 0.450 e. The highest BCUT2D eigenvalue weighted by atomic mass is 19.4. The van der Waals surface area contributed by atoms with Gasteiger partial charge in [-0.25, -0.2) is 33.0 Å². The molecule has 7 rings (SSSR count). The Balaban J connectivity index is 1.19. The van der Waals surface area contributed by atoms with Crippen molar-refractivity contribution in [2.24, 2.45) is 10.8 Å². The second-order valence-electron chi connectivity index (χ2n) is 21.4. The maximum Gasteiger partial charge on any atom is 0.407 e. The molecule has 0 radical (unpaired) electrons. The van der Waals surface area contributed by atoms with E-state index in [0.717, 1.165) is 57.2 Å². The van der Waals surface area contributed by atoms with E-state index in [2.05, 4.69) is 42.5 Å². The van der Waals surface area contributed by atoms with Crippen LogP contribution in [0.1, 0.15) is 83.2 Å². The fraction of sp³-hybridized carbons (Fsp3) is 0.527. The van der Waals surface area contributed by atoms with E-state index in [0.29, 0.717) is 74.1 Å².